The molecule has 20 heavy (non-hydrogen) atoms. The molecular weight excluding hydrogens is 260 g/mol. The van der Waals surface area contributed by atoms with Gasteiger partial charge in [-0.05, 0) is 32.0 Å². The van der Waals surface area contributed by atoms with Crippen molar-refractivity contribution in [1.82, 2.24) is 9.97 Å². The van der Waals surface area contributed by atoms with Gasteiger partial charge in [0, 0.05) is 5.39 Å². The maximum absolute atomic E-state index is 11.3. The molecule has 0 unspecified atom stereocenters. The van der Waals surface area contributed by atoms with Gasteiger partial charge in [-0.25, -0.2) is 14.8 Å². The fourth-order valence-corrected chi connectivity index (χ4v) is 1.65. The highest BCUT2D eigenvalue weighted by Gasteiger charge is 2.25. The number of carboxylic acids is 1. The van der Waals surface area contributed by atoms with Gasteiger partial charge in [0.15, 0.2) is 0 Å². The SMILES string of the molecule is CC(C)(Nc1ncnc2cc(C(=O)O)ccc12)C(N)=O. The number of nitrogens with one attached hydrogen (secondary N) is 1. The van der Waals surface area contributed by atoms with Crippen LogP contribution in [-0.2, 0) is 4.79 Å². The molecule has 0 bridgehead atoms. The number of nitrogens with zero attached hydrogens (tertiary/aromatic N) is 2. The standard InChI is InChI=1S/C13H14N4O3/c1-13(2,12(14)20)17-10-8-4-3-7(11(18)19)5-9(8)15-6-16-10/h3-6H,1-2H3,(H2,14,20)(H,18,19)(H,15,16,17). The van der Waals surface area contributed by atoms with Crippen LogP contribution in [0.5, 0.6) is 0 Å². The maximum atomic E-state index is 11.3. The molecule has 1 heterocycles. The van der Waals surface area contributed by atoms with E-state index in [2.05, 4.69) is 15.3 Å². The van der Waals surface area contributed by atoms with Crippen molar-refractivity contribution in [2.45, 2.75) is 19.4 Å². The second kappa shape index (κ2) is 4.76. The summed E-state index contributed by atoms with van der Waals surface area (Å²) in [6, 6.07) is 4.50. The minimum atomic E-state index is -1.03. The normalized spacial score (nSPS) is 11.3. The quantitative estimate of drug-likeness (QED) is 0.765. The first-order valence-electron chi connectivity index (χ1n) is 5.87. The minimum absolute atomic E-state index is 0.135. The third-order valence-electron chi connectivity index (χ3n) is 2.93. The van der Waals surface area contributed by atoms with Crippen LogP contribution < -0.4 is 11.1 Å². The van der Waals surface area contributed by atoms with Crippen LogP contribution >= 0.6 is 0 Å². The van der Waals surface area contributed by atoms with Crippen molar-refractivity contribution in [3.63, 3.8) is 0 Å². The lowest BCUT2D eigenvalue weighted by Gasteiger charge is -2.23. The lowest BCUT2D eigenvalue weighted by Crippen LogP contribution is -2.45. The average Bonchev–Trinajstić information content (AvgIpc) is 2.37. The van der Waals surface area contributed by atoms with Gasteiger partial charge in [-0.15, -0.1) is 0 Å². The summed E-state index contributed by atoms with van der Waals surface area (Å²) < 4.78 is 0. The molecule has 0 atom stereocenters. The molecule has 0 radical (unpaired) electrons. The molecule has 2 rings (SSSR count). The molecule has 2 aromatic rings. The van der Waals surface area contributed by atoms with Gasteiger partial charge in [0.05, 0.1) is 11.1 Å². The van der Waals surface area contributed by atoms with E-state index >= 15 is 0 Å². The minimum Gasteiger partial charge on any atom is -0.478 e. The van der Waals surface area contributed by atoms with Gasteiger partial charge in [-0.3, -0.25) is 4.79 Å². The third kappa shape index (κ3) is 2.51. The number of rotatable bonds is 4. The Balaban J connectivity index is 2.50. The predicted molar refractivity (Wildman–Crippen MR) is 73.4 cm³/mol. The van der Waals surface area contributed by atoms with E-state index in [1.54, 1.807) is 19.9 Å². The molecule has 0 aliphatic heterocycles. The largest absolute Gasteiger partial charge is 0.478 e. The van der Waals surface area contributed by atoms with E-state index in [0.717, 1.165) is 0 Å². The van der Waals surface area contributed by atoms with Gasteiger partial charge in [0.25, 0.3) is 0 Å². The summed E-state index contributed by atoms with van der Waals surface area (Å²) in [6.45, 7) is 3.27. The van der Waals surface area contributed by atoms with Gasteiger partial charge in [0.2, 0.25) is 5.91 Å². The van der Waals surface area contributed by atoms with E-state index in [1.807, 2.05) is 0 Å². The summed E-state index contributed by atoms with van der Waals surface area (Å²) in [5.74, 6) is -1.13. The topological polar surface area (TPSA) is 118 Å². The molecule has 4 N–H and O–H groups in total. The van der Waals surface area contributed by atoms with Crippen LogP contribution in [0.2, 0.25) is 0 Å². The molecule has 7 heteroatoms. The molecular formula is C13H14N4O3. The second-order valence-corrected chi connectivity index (χ2v) is 4.87. The van der Waals surface area contributed by atoms with Crippen molar-refractivity contribution < 1.29 is 14.7 Å². The molecule has 0 saturated carbocycles. The lowest BCUT2D eigenvalue weighted by atomic mass is 10.0. The number of aromatic nitrogens is 2. The van der Waals surface area contributed by atoms with Crippen molar-refractivity contribution in [3.05, 3.63) is 30.1 Å². The van der Waals surface area contributed by atoms with Crippen LogP contribution in [0.1, 0.15) is 24.2 Å². The Morgan fingerprint density at radius 2 is 2.00 bits per heavy atom. The smallest absolute Gasteiger partial charge is 0.335 e. The van der Waals surface area contributed by atoms with E-state index < -0.39 is 17.4 Å². The molecule has 104 valence electrons. The van der Waals surface area contributed by atoms with E-state index in [4.69, 9.17) is 10.8 Å². The Hall–Kier alpha value is -2.70. The van der Waals surface area contributed by atoms with Gasteiger partial charge in [-0.1, -0.05) is 0 Å². The number of nitrogens with two attached hydrogens (primary N) is 1. The van der Waals surface area contributed by atoms with Gasteiger partial charge in [0.1, 0.15) is 17.7 Å². The highest BCUT2D eigenvalue weighted by atomic mass is 16.4. The average molecular weight is 274 g/mol. The first-order valence-corrected chi connectivity index (χ1v) is 5.87. The Labute approximate surface area is 114 Å². The van der Waals surface area contributed by atoms with E-state index in [0.29, 0.717) is 16.7 Å². The van der Waals surface area contributed by atoms with Crippen molar-refractivity contribution in [1.29, 1.82) is 0 Å². The summed E-state index contributed by atoms with van der Waals surface area (Å²) in [7, 11) is 0. The number of fused-ring (bicyclic) bond motifs is 1. The number of hydrogen-bond acceptors (Lipinski definition) is 5. The molecule has 1 aromatic heterocycles. The van der Waals surface area contributed by atoms with Crippen LogP contribution in [0, 0.1) is 0 Å². The van der Waals surface area contributed by atoms with Crippen molar-refractivity contribution in [2.75, 3.05) is 5.32 Å². The summed E-state index contributed by atoms with van der Waals surface area (Å²) >= 11 is 0. The number of hydrogen-bond donors (Lipinski definition) is 3. The van der Waals surface area contributed by atoms with Crippen LogP contribution in [0.4, 0.5) is 5.82 Å². The Morgan fingerprint density at radius 1 is 1.30 bits per heavy atom. The molecule has 0 aliphatic rings. The maximum Gasteiger partial charge on any atom is 0.335 e. The van der Waals surface area contributed by atoms with E-state index in [1.165, 1.54) is 18.5 Å². The number of carbonyl (C=O) groups excluding carboxylic acids is 1. The van der Waals surface area contributed by atoms with Crippen LogP contribution in [0.25, 0.3) is 10.9 Å². The fraction of sp³-hybridized carbons (Fsp3) is 0.231. The molecule has 0 aliphatic carbocycles. The number of carbonyl (C=O) groups is 2. The molecule has 0 spiro atoms. The number of carboxylic acid groups (broad SMARTS) is 1. The number of aromatic carboxylic acids is 1. The zero-order valence-electron chi connectivity index (χ0n) is 11.0. The van der Waals surface area contributed by atoms with Crippen molar-refractivity contribution in [3.8, 4) is 0 Å². The zero-order valence-corrected chi connectivity index (χ0v) is 11.0. The summed E-state index contributed by atoms with van der Waals surface area (Å²) in [4.78, 5) is 30.4. The Kier molecular flexibility index (Phi) is 3.27. The van der Waals surface area contributed by atoms with Gasteiger partial charge in [-0.2, -0.15) is 0 Å². The number of primary amides is 1. The van der Waals surface area contributed by atoms with E-state index in [9.17, 15) is 9.59 Å². The zero-order chi connectivity index (χ0) is 14.9. The second-order valence-electron chi connectivity index (χ2n) is 4.87. The first kappa shape index (κ1) is 13.7. The molecule has 1 amide bonds. The van der Waals surface area contributed by atoms with E-state index in [-0.39, 0.29) is 5.56 Å². The predicted octanol–water partition coefficient (Wildman–Crippen LogP) is 1.00. The van der Waals surface area contributed by atoms with Crippen LogP contribution in [-0.4, -0.2) is 32.5 Å². The van der Waals surface area contributed by atoms with Gasteiger partial charge >= 0.3 is 5.97 Å². The Morgan fingerprint density at radius 3 is 2.60 bits per heavy atom. The molecule has 7 nitrogen and oxygen atoms in total. The van der Waals surface area contributed by atoms with Crippen molar-refractivity contribution in [2.24, 2.45) is 5.73 Å². The number of amides is 1. The molecule has 0 saturated heterocycles. The van der Waals surface area contributed by atoms with Crippen molar-refractivity contribution >= 4 is 28.6 Å². The summed E-state index contributed by atoms with van der Waals surface area (Å²) in [5.41, 5.74) is 4.93. The monoisotopic (exact) mass is 274 g/mol. The highest BCUT2D eigenvalue weighted by Crippen LogP contribution is 2.23. The van der Waals surface area contributed by atoms with Crippen LogP contribution in [0.15, 0.2) is 24.5 Å². The lowest BCUT2D eigenvalue weighted by molar-refractivity contribution is -0.121. The first-order chi connectivity index (χ1) is 9.31. The molecule has 0 fully saturated rings. The summed E-state index contributed by atoms with van der Waals surface area (Å²) in [6.07, 6.45) is 1.30. The fourth-order valence-electron chi connectivity index (χ4n) is 1.65. The van der Waals surface area contributed by atoms with Crippen LogP contribution in [0.3, 0.4) is 0 Å². The number of anilines is 1. The molecule has 1 aromatic carbocycles. The summed E-state index contributed by atoms with van der Waals surface area (Å²) in [5, 5.41) is 12.5. The van der Waals surface area contributed by atoms with Gasteiger partial charge < -0.3 is 16.2 Å². The third-order valence-corrected chi connectivity index (χ3v) is 2.93. The Bertz CT molecular complexity index is 697. The number of benzene rings is 1. The highest BCUT2D eigenvalue weighted by molar-refractivity contribution is 5.97.